The van der Waals surface area contributed by atoms with Crippen LogP contribution in [-0.2, 0) is 16.0 Å². The lowest BCUT2D eigenvalue weighted by molar-refractivity contribution is -0.142. The minimum Gasteiger partial charge on any atom is -0.480 e. The van der Waals surface area contributed by atoms with Crippen LogP contribution >= 0.6 is 0 Å². The lowest BCUT2D eigenvalue weighted by atomic mass is 10.1. The van der Waals surface area contributed by atoms with E-state index in [1.165, 1.54) is 0 Å². The Bertz CT molecular complexity index is 757. The van der Waals surface area contributed by atoms with Crippen molar-refractivity contribution in [1.29, 1.82) is 0 Å². The van der Waals surface area contributed by atoms with E-state index in [1.807, 2.05) is 36.4 Å². The van der Waals surface area contributed by atoms with Crippen LogP contribution < -0.4 is 0 Å². The molecule has 0 aliphatic heterocycles. The average molecular weight is 270 g/mol. The number of carbonyl (C=O) groups is 1. The van der Waals surface area contributed by atoms with Crippen LogP contribution in [0.1, 0.15) is 5.56 Å². The predicted molar refractivity (Wildman–Crippen MR) is 75.9 cm³/mol. The highest BCUT2D eigenvalue weighted by atomic mass is 16.5. The smallest absolute Gasteiger partial charge is 0.329 e. The van der Waals surface area contributed by atoms with Gasteiger partial charge in [0.1, 0.15) is 17.8 Å². The summed E-state index contributed by atoms with van der Waals surface area (Å²) in [6, 6.07) is 13.9. The number of fused-ring (bicyclic) bond motifs is 3. The van der Waals surface area contributed by atoms with Gasteiger partial charge in [-0.05, 0) is 30.2 Å². The molecule has 3 rings (SSSR count). The second-order valence-electron chi connectivity index (χ2n) is 4.63. The van der Waals surface area contributed by atoms with E-state index in [4.69, 9.17) is 14.3 Å². The Morgan fingerprint density at radius 3 is 2.75 bits per heavy atom. The van der Waals surface area contributed by atoms with Crippen LogP contribution in [0.25, 0.3) is 21.9 Å². The molecule has 3 aromatic rings. The highest BCUT2D eigenvalue weighted by molar-refractivity contribution is 6.04. The summed E-state index contributed by atoms with van der Waals surface area (Å²) in [6.07, 6.45) is 0.683. The summed E-state index contributed by atoms with van der Waals surface area (Å²) in [7, 11) is 0. The van der Waals surface area contributed by atoms with Gasteiger partial charge in [-0.25, -0.2) is 4.79 Å². The number of furan rings is 1. The van der Waals surface area contributed by atoms with E-state index in [1.54, 1.807) is 0 Å². The van der Waals surface area contributed by atoms with E-state index in [0.717, 1.165) is 27.5 Å². The Morgan fingerprint density at radius 1 is 1.10 bits per heavy atom. The molecule has 4 nitrogen and oxygen atoms in total. The first-order valence-electron chi connectivity index (χ1n) is 6.44. The molecule has 0 fully saturated rings. The van der Waals surface area contributed by atoms with E-state index < -0.39 is 5.97 Å². The quantitative estimate of drug-likeness (QED) is 0.723. The fraction of sp³-hybridized carbons (Fsp3) is 0.188. The normalized spacial score (nSPS) is 11.2. The van der Waals surface area contributed by atoms with Gasteiger partial charge in [0.2, 0.25) is 0 Å². The summed E-state index contributed by atoms with van der Waals surface area (Å²) in [5.41, 5.74) is 2.85. The van der Waals surface area contributed by atoms with Crippen LogP contribution in [0.5, 0.6) is 0 Å². The molecule has 2 aromatic carbocycles. The number of aliphatic carboxylic acids is 1. The van der Waals surface area contributed by atoms with Crippen molar-refractivity contribution < 1.29 is 19.1 Å². The third kappa shape index (κ3) is 2.51. The lowest BCUT2D eigenvalue weighted by Crippen LogP contribution is -2.08. The second kappa shape index (κ2) is 5.35. The van der Waals surface area contributed by atoms with Gasteiger partial charge in [-0.2, -0.15) is 0 Å². The third-order valence-corrected chi connectivity index (χ3v) is 3.20. The van der Waals surface area contributed by atoms with E-state index >= 15 is 0 Å². The van der Waals surface area contributed by atoms with E-state index in [2.05, 4.69) is 6.07 Å². The molecule has 0 amide bonds. The second-order valence-corrected chi connectivity index (χ2v) is 4.63. The summed E-state index contributed by atoms with van der Waals surface area (Å²) in [4.78, 5) is 10.4. The van der Waals surface area contributed by atoms with Crippen molar-refractivity contribution in [2.24, 2.45) is 0 Å². The van der Waals surface area contributed by atoms with Gasteiger partial charge >= 0.3 is 5.97 Å². The SMILES string of the molecule is O=C(O)COCCc1ccc2oc3ccccc3c2c1. The Balaban J connectivity index is 1.82. The van der Waals surface area contributed by atoms with E-state index in [-0.39, 0.29) is 6.61 Å². The first-order chi connectivity index (χ1) is 9.74. The van der Waals surface area contributed by atoms with Gasteiger partial charge in [0.25, 0.3) is 0 Å². The number of hydrogen-bond donors (Lipinski definition) is 1. The molecule has 0 unspecified atom stereocenters. The molecule has 4 heteroatoms. The van der Waals surface area contributed by atoms with Crippen LogP contribution in [0.15, 0.2) is 46.9 Å². The predicted octanol–water partition coefficient (Wildman–Crippen LogP) is 3.23. The first-order valence-corrected chi connectivity index (χ1v) is 6.44. The van der Waals surface area contributed by atoms with Crippen LogP contribution in [0.2, 0.25) is 0 Å². The molecule has 1 heterocycles. The highest BCUT2D eigenvalue weighted by Gasteiger charge is 2.07. The summed E-state index contributed by atoms with van der Waals surface area (Å²) < 4.78 is 10.8. The van der Waals surface area contributed by atoms with Crippen LogP contribution in [-0.4, -0.2) is 24.3 Å². The van der Waals surface area contributed by atoms with Gasteiger partial charge < -0.3 is 14.3 Å². The van der Waals surface area contributed by atoms with Crippen LogP contribution in [0.3, 0.4) is 0 Å². The van der Waals surface area contributed by atoms with Gasteiger partial charge in [-0.1, -0.05) is 24.3 Å². The van der Waals surface area contributed by atoms with Gasteiger partial charge in [-0.3, -0.25) is 0 Å². The largest absolute Gasteiger partial charge is 0.480 e. The molecule has 0 aliphatic rings. The standard InChI is InChI=1S/C16H14O4/c17-16(18)10-19-8-7-11-5-6-15-13(9-11)12-3-1-2-4-14(12)20-15/h1-6,9H,7-8,10H2,(H,17,18). The molecule has 0 radical (unpaired) electrons. The third-order valence-electron chi connectivity index (χ3n) is 3.20. The number of benzene rings is 2. The van der Waals surface area contributed by atoms with Gasteiger partial charge in [0.05, 0.1) is 6.61 Å². The molecular weight excluding hydrogens is 256 g/mol. The van der Waals surface area contributed by atoms with Gasteiger partial charge in [0, 0.05) is 10.8 Å². The Labute approximate surface area is 115 Å². The van der Waals surface area contributed by atoms with Crippen molar-refractivity contribution >= 4 is 27.9 Å². The van der Waals surface area contributed by atoms with E-state index in [0.29, 0.717) is 13.0 Å². The Hall–Kier alpha value is -2.33. The maximum atomic E-state index is 10.4. The van der Waals surface area contributed by atoms with E-state index in [9.17, 15) is 4.79 Å². The number of rotatable bonds is 5. The van der Waals surface area contributed by atoms with Crippen molar-refractivity contribution in [3.05, 3.63) is 48.0 Å². The molecule has 0 aliphatic carbocycles. The first kappa shape index (κ1) is 12.7. The molecule has 0 bridgehead atoms. The molecule has 20 heavy (non-hydrogen) atoms. The maximum absolute atomic E-state index is 10.4. The highest BCUT2D eigenvalue weighted by Crippen LogP contribution is 2.29. The lowest BCUT2D eigenvalue weighted by Gasteiger charge is -2.02. The summed E-state index contributed by atoms with van der Waals surface area (Å²) >= 11 is 0. The Morgan fingerprint density at radius 2 is 1.90 bits per heavy atom. The zero-order chi connectivity index (χ0) is 13.9. The average Bonchev–Trinajstić information content (AvgIpc) is 2.81. The monoisotopic (exact) mass is 270 g/mol. The van der Waals surface area contributed by atoms with Crippen molar-refractivity contribution in [3.8, 4) is 0 Å². The summed E-state index contributed by atoms with van der Waals surface area (Å²) in [5, 5.41) is 10.7. The summed E-state index contributed by atoms with van der Waals surface area (Å²) in [5.74, 6) is -0.943. The molecule has 0 atom stereocenters. The number of carboxylic acids is 1. The van der Waals surface area contributed by atoms with Crippen molar-refractivity contribution in [3.63, 3.8) is 0 Å². The van der Waals surface area contributed by atoms with Crippen molar-refractivity contribution in [2.75, 3.05) is 13.2 Å². The fourth-order valence-electron chi connectivity index (χ4n) is 2.28. The number of hydrogen-bond acceptors (Lipinski definition) is 3. The van der Waals surface area contributed by atoms with Gasteiger partial charge in [0.15, 0.2) is 0 Å². The van der Waals surface area contributed by atoms with Crippen LogP contribution in [0, 0.1) is 0 Å². The number of carboxylic acid groups (broad SMARTS) is 1. The molecule has 1 aromatic heterocycles. The maximum Gasteiger partial charge on any atom is 0.329 e. The molecule has 1 N–H and O–H groups in total. The van der Waals surface area contributed by atoms with Crippen molar-refractivity contribution in [1.82, 2.24) is 0 Å². The number of ether oxygens (including phenoxy) is 1. The van der Waals surface area contributed by atoms with Gasteiger partial charge in [-0.15, -0.1) is 0 Å². The minimum absolute atomic E-state index is 0.253. The topological polar surface area (TPSA) is 59.7 Å². The summed E-state index contributed by atoms with van der Waals surface area (Å²) in [6.45, 7) is 0.143. The number of para-hydroxylation sites is 1. The molecule has 0 spiro atoms. The Kier molecular flexibility index (Phi) is 3.39. The minimum atomic E-state index is -0.943. The zero-order valence-electron chi connectivity index (χ0n) is 10.8. The van der Waals surface area contributed by atoms with Crippen LogP contribution in [0.4, 0.5) is 0 Å². The van der Waals surface area contributed by atoms with Crippen molar-refractivity contribution in [2.45, 2.75) is 6.42 Å². The molecule has 102 valence electrons. The zero-order valence-corrected chi connectivity index (χ0v) is 10.8. The fourth-order valence-corrected chi connectivity index (χ4v) is 2.28. The molecule has 0 saturated carbocycles. The molecular formula is C16H14O4. The molecule has 0 saturated heterocycles.